The summed E-state index contributed by atoms with van der Waals surface area (Å²) in [7, 11) is 0. The summed E-state index contributed by atoms with van der Waals surface area (Å²) in [5, 5.41) is 0.540. The molecule has 0 amide bonds. The molecule has 0 aliphatic rings. The van der Waals surface area contributed by atoms with Crippen molar-refractivity contribution in [2.45, 2.75) is 38.8 Å². The summed E-state index contributed by atoms with van der Waals surface area (Å²) in [4.78, 5) is 34.3. The average Bonchev–Trinajstić information content (AvgIpc) is 3.32. The Kier molecular flexibility index (Phi) is 7.02. The zero-order chi connectivity index (χ0) is 27.7. The minimum absolute atomic E-state index is 0.206. The first kappa shape index (κ1) is 26.3. The van der Waals surface area contributed by atoms with Gasteiger partial charge in [-0.2, -0.15) is 0 Å². The maximum Gasteiger partial charge on any atom is 0.338 e. The van der Waals surface area contributed by atoms with Crippen LogP contribution < -0.4 is 11.3 Å². The predicted molar refractivity (Wildman–Crippen MR) is 155 cm³/mol. The molecular weight excluding hydrogens is 512 g/mol. The number of hydrogen-bond donors (Lipinski definition) is 2. The molecule has 1 unspecified atom stereocenters. The third-order valence-corrected chi connectivity index (χ3v) is 6.57. The van der Waals surface area contributed by atoms with E-state index in [2.05, 4.69) is 4.98 Å². The number of imidazole rings is 1. The molecule has 0 spiro atoms. The van der Waals surface area contributed by atoms with Crippen LogP contribution >= 0.6 is 11.6 Å². The highest BCUT2D eigenvalue weighted by molar-refractivity contribution is 6.31. The summed E-state index contributed by atoms with van der Waals surface area (Å²) in [6.07, 6.45) is 2.28. The van der Waals surface area contributed by atoms with Crippen LogP contribution in [0, 0.1) is 0 Å². The number of fused-ring (bicyclic) bond motifs is 1. The van der Waals surface area contributed by atoms with Crippen LogP contribution in [0.3, 0.4) is 0 Å². The van der Waals surface area contributed by atoms with Crippen molar-refractivity contribution in [1.29, 1.82) is 0 Å². The van der Waals surface area contributed by atoms with Crippen molar-refractivity contribution in [2.75, 3.05) is 5.73 Å². The predicted octanol–water partition coefficient (Wildman–Crippen LogP) is 6.41. The second-order valence-electron chi connectivity index (χ2n) is 10.5. The van der Waals surface area contributed by atoms with Crippen molar-refractivity contribution < 1.29 is 9.53 Å². The number of carbonyl (C=O) groups excluding carboxylic acids is 1. The molecule has 3 aromatic carbocycles. The number of nitrogens with one attached hydrogen (secondary N) is 1. The summed E-state index contributed by atoms with van der Waals surface area (Å²) < 4.78 is 7.17. The second kappa shape index (κ2) is 10.4. The Labute approximate surface area is 231 Å². The zero-order valence-electron chi connectivity index (χ0n) is 21.9. The Bertz CT molecular complexity index is 1720. The Hall–Kier alpha value is -4.36. The topological polar surface area (TPSA) is 103 Å². The number of benzene rings is 3. The maximum atomic E-state index is 13.5. The number of aromatic amines is 1. The number of anilines is 1. The third kappa shape index (κ3) is 5.89. The summed E-state index contributed by atoms with van der Waals surface area (Å²) in [5.74, 6) is 0.189. The molecule has 0 aliphatic heterocycles. The van der Waals surface area contributed by atoms with Crippen molar-refractivity contribution in [3.63, 3.8) is 0 Å². The van der Waals surface area contributed by atoms with Gasteiger partial charge in [0.05, 0.1) is 22.6 Å². The molecule has 39 heavy (non-hydrogen) atoms. The van der Waals surface area contributed by atoms with Crippen molar-refractivity contribution in [2.24, 2.45) is 0 Å². The number of aromatic nitrogens is 3. The first-order valence-electron chi connectivity index (χ1n) is 12.6. The molecular formula is C31H29ClN4O3. The number of pyridine rings is 1. The van der Waals surface area contributed by atoms with E-state index in [9.17, 15) is 9.59 Å². The molecule has 0 saturated carbocycles. The van der Waals surface area contributed by atoms with Crippen molar-refractivity contribution in [3.8, 4) is 11.1 Å². The number of nitrogens with two attached hydrogens (primary N) is 1. The molecule has 5 rings (SSSR count). The van der Waals surface area contributed by atoms with E-state index in [-0.39, 0.29) is 5.56 Å². The van der Waals surface area contributed by atoms with Gasteiger partial charge in [0, 0.05) is 35.0 Å². The number of hydrogen-bond acceptors (Lipinski definition) is 5. The summed E-state index contributed by atoms with van der Waals surface area (Å²) >= 11 is 6.18. The van der Waals surface area contributed by atoms with Crippen molar-refractivity contribution in [1.82, 2.24) is 14.5 Å². The fourth-order valence-corrected chi connectivity index (χ4v) is 4.68. The molecule has 1 atom stereocenters. The van der Waals surface area contributed by atoms with Gasteiger partial charge in [-0.05, 0) is 74.4 Å². The largest absolute Gasteiger partial charge is 0.456 e. The lowest BCUT2D eigenvalue weighted by Crippen LogP contribution is -2.27. The SMILES string of the molecule is CC(C)(C)OC(=O)c1ccc2[nH]c(C(Cc3ccccc3)n3ccc(-c4cc(Cl)ccc4N)cc3=O)nc2c1. The van der Waals surface area contributed by atoms with Gasteiger partial charge in [0.2, 0.25) is 0 Å². The first-order chi connectivity index (χ1) is 18.6. The molecule has 0 bridgehead atoms. The smallest absolute Gasteiger partial charge is 0.338 e. The number of ether oxygens (including phenoxy) is 1. The molecule has 0 radical (unpaired) electrons. The lowest BCUT2D eigenvalue weighted by atomic mass is 10.0. The summed E-state index contributed by atoms with van der Waals surface area (Å²) in [5.41, 5.74) is 10.1. The number of H-pyrrole nitrogens is 1. The number of carbonyl (C=O) groups is 1. The van der Waals surface area contributed by atoms with E-state index in [0.29, 0.717) is 45.2 Å². The van der Waals surface area contributed by atoms with E-state index in [0.717, 1.165) is 11.1 Å². The number of rotatable bonds is 6. The normalized spacial score (nSPS) is 12.4. The van der Waals surface area contributed by atoms with Crippen LogP contribution in [0.2, 0.25) is 5.02 Å². The highest BCUT2D eigenvalue weighted by Gasteiger charge is 2.22. The zero-order valence-corrected chi connectivity index (χ0v) is 22.7. The maximum absolute atomic E-state index is 13.5. The van der Waals surface area contributed by atoms with Crippen LogP contribution in [-0.4, -0.2) is 26.1 Å². The fraction of sp³-hybridized carbons (Fsp3) is 0.194. The highest BCUT2D eigenvalue weighted by Crippen LogP contribution is 2.29. The Morgan fingerprint density at radius 3 is 2.54 bits per heavy atom. The number of nitrogen functional groups attached to an aromatic ring is 1. The van der Waals surface area contributed by atoms with Gasteiger partial charge in [0.1, 0.15) is 11.4 Å². The van der Waals surface area contributed by atoms with Crippen LogP contribution in [0.1, 0.15) is 48.6 Å². The van der Waals surface area contributed by atoms with Crippen molar-refractivity contribution in [3.05, 3.63) is 117 Å². The molecule has 8 heteroatoms. The molecule has 0 aliphatic carbocycles. The molecule has 0 saturated heterocycles. The molecule has 0 fully saturated rings. The molecule has 7 nitrogen and oxygen atoms in total. The minimum Gasteiger partial charge on any atom is -0.456 e. The van der Waals surface area contributed by atoms with Gasteiger partial charge >= 0.3 is 5.97 Å². The van der Waals surface area contributed by atoms with E-state index in [1.807, 2.05) is 57.2 Å². The molecule has 2 heterocycles. The van der Waals surface area contributed by atoms with Crippen LogP contribution in [0.5, 0.6) is 0 Å². The Morgan fingerprint density at radius 2 is 1.82 bits per heavy atom. The van der Waals surface area contributed by atoms with E-state index in [1.165, 1.54) is 0 Å². The third-order valence-electron chi connectivity index (χ3n) is 6.33. The van der Waals surface area contributed by atoms with Crippen LogP contribution in [0.4, 0.5) is 5.69 Å². The Balaban J connectivity index is 1.56. The van der Waals surface area contributed by atoms with Crippen LogP contribution in [0.15, 0.2) is 89.9 Å². The summed E-state index contributed by atoms with van der Waals surface area (Å²) in [6, 6.07) is 23.3. The minimum atomic E-state index is -0.605. The first-order valence-corrected chi connectivity index (χ1v) is 13.0. The lowest BCUT2D eigenvalue weighted by molar-refractivity contribution is 0.00696. The standard InChI is InChI=1S/C31H29ClN4O3/c1-31(2,3)39-30(38)21-9-12-25-26(16-21)35-29(34-25)27(15-19-7-5-4-6-8-19)36-14-13-20(17-28(36)37)23-18-22(32)10-11-24(23)33/h4-14,16-18,27H,15,33H2,1-3H3,(H,34,35). The van der Waals surface area contributed by atoms with E-state index >= 15 is 0 Å². The Morgan fingerprint density at radius 1 is 1.05 bits per heavy atom. The number of esters is 1. The second-order valence-corrected chi connectivity index (χ2v) is 10.9. The van der Waals surface area contributed by atoms with Gasteiger partial charge in [-0.25, -0.2) is 9.78 Å². The fourth-order valence-electron chi connectivity index (χ4n) is 4.50. The molecule has 5 aromatic rings. The van der Waals surface area contributed by atoms with Gasteiger partial charge in [0.15, 0.2) is 0 Å². The van der Waals surface area contributed by atoms with Gasteiger partial charge in [-0.1, -0.05) is 41.9 Å². The lowest BCUT2D eigenvalue weighted by Gasteiger charge is -2.19. The molecule has 198 valence electrons. The monoisotopic (exact) mass is 540 g/mol. The number of halogens is 1. The van der Waals surface area contributed by atoms with E-state index in [4.69, 9.17) is 27.1 Å². The van der Waals surface area contributed by atoms with E-state index < -0.39 is 17.6 Å². The van der Waals surface area contributed by atoms with Gasteiger partial charge in [-0.15, -0.1) is 0 Å². The van der Waals surface area contributed by atoms with Gasteiger partial charge in [-0.3, -0.25) is 4.79 Å². The van der Waals surface area contributed by atoms with Crippen LogP contribution in [0.25, 0.3) is 22.2 Å². The van der Waals surface area contributed by atoms with Crippen molar-refractivity contribution >= 4 is 34.3 Å². The summed E-state index contributed by atoms with van der Waals surface area (Å²) in [6.45, 7) is 5.48. The van der Waals surface area contributed by atoms with Gasteiger partial charge < -0.3 is 20.0 Å². The molecule has 2 aromatic heterocycles. The molecule has 3 N–H and O–H groups in total. The van der Waals surface area contributed by atoms with Gasteiger partial charge in [0.25, 0.3) is 5.56 Å². The number of nitrogens with zero attached hydrogens (tertiary/aromatic N) is 2. The van der Waals surface area contributed by atoms with Crippen LogP contribution in [-0.2, 0) is 11.2 Å². The quantitative estimate of drug-likeness (QED) is 0.191. The average molecular weight is 541 g/mol. The van der Waals surface area contributed by atoms with E-state index in [1.54, 1.807) is 53.2 Å². The highest BCUT2D eigenvalue weighted by atomic mass is 35.5.